The van der Waals surface area contributed by atoms with Crippen LogP contribution in [0.1, 0.15) is 41.9 Å². The van der Waals surface area contributed by atoms with Crippen molar-refractivity contribution in [2.75, 3.05) is 19.7 Å². The molecule has 1 aromatic heterocycles. The van der Waals surface area contributed by atoms with Gasteiger partial charge in [-0.2, -0.15) is 0 Å². The van der Waals surface area contributed by atoms with E-state index in [1.54, 1.807) is 22.2 Å². The minimum absolute atomic E-state index is 0.0366. The van der Waals surface area contributed by atoms with Gasteiger partial charge in [-0.1, -0.05) is 36.4 Å². The molecule has 6 heteroatoms. The van der Waals surface area contributed by atoms with Gasteiger partial charge in [-0.15, -0.1) is 0 Å². The lowest BCUT2D eigenvalue weighted by Crippen LogP contribution is -2.73. The maximum absolute atomic E-state index is 12.8. The number of carbonyl (C=O) groups excluding carboxylic acids is 2. The Balaban J connectivity index is 1.33. The second kappa shape index (κ2) is 8.27. The van der Waals surface area contributed by atoms with Crippen molar-refractivity contribution >= 4 is 17.4 Å². The molecule has 160 valence electrons. The van der Waals surface area contributed by atoms with Crippen LogP contribution >= 0.6 is 0 Å². The van der Waals surface area contributed by atoms with Gasteiger partial charge in [-0.05, 0) is 47.6 Å². The van der Waals surface area contributed by atoms with E-state index in [-0.39, 0.29) is 49.4 Å². The van der Waals surface area contributed by atoms with Crippen LogP contribution in [0.3, 0.4) is 0 Å². The highest BCUT2D eigenvalue weighted by Gasteiger charge is 2.54. The fraction of sp³-hybridized carbons (Fsp3) is 0.400. The molecule has 3 aliphatic rings. The average Bonchev–Trinajstić information content (AvgIpc) is 3.31. The number of fused-ring (bicyclic) bond motifs is 1. The summed E-state index contributed by atoms with van der Waals surface area (Å²) in [7, 11) is 0. The van der Waals surface area contributed by atoms with Crippen molar-refractivity contribution in [3.05, 3.63) is 71.6 Å². The summed E-state index contributed by atoms with van der Waals surface area (Å²) in [6, 6.07) is 11.9. The molecule has 3 atom stereocenters. The van der Waals surface area contributed by atoms with Gasteiger partial charge < -0.3 is 14.9 Å². The maximum atomic E-state index is 12.8. The zero-order chi connectivity index (χ0) is 21.4. The number of nitrogens with zero attached hydrogens (tertiary/aromatic N) is 3. The van der Waals surface area contributed by atoms with E-state index < -0.39 is 0 Å². The highest BCUT2D eigenvalue weighted by atomic mass is 16.3. The quantitative estimate of drug-likeness (QED) is 0.811. The van der Waals surface area contributed by atoms with E-state index in [9.17, 15) is 14.7 Å². The van der Waals surface area contributed by atoms with Crippen molar-refractivity contribution in [3.63, 3.8) is 0 Å². The summed E-state index contributed by atoms with van der Waals surface area (Å²) in [5, 5.41) is 9.98. The Hall–Kier alpha value is -2.99. The first-order valence-electron chi connectivity index (χ1n) is 11.0. The second-order valence-corrected chi connectivity index (χ2v) is 8.70. The predicted octanol–water partition coefficient (Wildman–Crippen LogP) is 2.39. The van der Waals surface area contributed by atoms with Gasteiger partial charge >= 0.3 is 0 Å². The fourth-order valence-corrected chi connectivity index (χ4v) is 5.33. The number of piperazine rings is 1. The molecule has 1 aliphatic carbocycles. The Morgan fingerprint density at radius 1 is 1.19 bits per heavy atom. The van der Waals surface area contributed by atoms with Gasteiger partial charge in [0.15, 0.2) is 0 Å². The first-order valence-corrected chi connectivity index (χ1v) is 11.0. The molecule has 1 aromatic carbocycles. The molecule has 31 heavy (non-hydrogen) atoms. The number of pyridine rings is 1. The molecule has 0 spiro atoms. The zero-order valence-corrected chi connectivity index (χ0v) is 17.5. The number of rotatable bonds is 5. The summed E-state index contributed by atoms with van der Waals surface area (Å²) in [5.74, 6) is -0.107. The molecular weight excluding hydrogens is 390 g/mol. The number of benzene rings is 1. The molecule has 0 unspecified atom stereocenters. The second-order valence-electron chi connectivity index (χ2n) is 8.70. The number of aliphatic hydroxyl groups is 1. The van der Waals surface area contributed by atoms with E-state index in [1.165, 1.54) is 17.6 Å². The van der Waals surface area contributed by atoms with Gasteiger partial charge in [-0.25, -0.2) is 0 Å². The van der Waals surface area contributed by atoms with Gasteiger partial charge in [0.25, 0.3) is 0 Å². The molecule has 2 saturated heterocycles. The van der Waals surface area contributed by atoms with E-state index in [0.717, 1.165) is 24.0 Å². The van der Waals surface area contributed by atoms with Crippen LogP contribution in [0.15, 0.2) is 54.9 Å². The average molecular weight is 418 g/mol. The Bertz CT molecular complexity index is 1000. The molecular formula is C25H27N3O3. The van der Waals surface area contributed by atoms with Crippen molar-refractivity contribution in [1.29, 1.82) is 0 Å². The Morgan fingerprint density at radius 2 is 2.03 bits per heavy atom. The molecule has 5 rings (SSSR count). The van der Waals surface area contributed by atoms with E-state index in [2.05, 4.69) is 35.3 Å². The van der Waals surface area contributed by atoms with Crippen LogP contribution < -0.4 is 0 Å². The summed E-state index contributed by atoms with van der Waals surface area (Å²) in [6.45, 7) is 0.508. The molecule has 2 fully saturated rings. The SMILES string of the molecule is O=C(Cc1cccnc1)N1CC(=O)N2[C@H](CO)[C@H](c3ccc(C4=CCCC4)cc3)[C@@H]2C1. The predicted molar refractivity (Wildman–Crippen MR) is 117 cm³/mol. The molecule has 2 aromatic rings. The number of allylic oxidation sites excluding steroid dienone is 2. The molecule has 1 N–H and O–H groups in total. The van der Waals surface area contributed by atoms with Crippen molar-refractivity contribution in [2.24, 2.45) is 0 Å². The summed E-state index contributed by atoms with van der Waals surface area (Å²) < 4.78 is 0. The van der Waals surface area contributed by atoms with E-state index in [0.29, 0.717) is 6.54 Å². The highest BCUT2D eigenvalue weighted by molar-refractivity contribution is 5.88. The normalized spacial score (nSPS) is 25.1. The lowest BCUT2D eigenvalue weighted by atomic mass is 9.73. The van der Waals surface area contributed by atoms with Gasteiger partial charge in [0.1, 0.15) is 0 Å². The van der Waals surface area contributed by atoms with E-state index in [4.69, 9.17) is 0 Å². The first-order chi connectivity index (χ1) is 15.2. The molecule has 2 amide bonds. The van der Waals surface area contributed by atoms with Gasteiger partial charge in [0, 0.05) is 24.9 Å². The molecule has 0 saturated carbocycles. The van der Waals surface area contributed by atoms with Crippen LogP contribution in [0.5, 0.6) is 0 Å². The Kier molecular flexibility index (Phi) is 5.32. The zero-order valence-electron chi connectivity index (χ0n) is 17.5. The van der Waals surface area contributed by atoms with Crippen LogP contribution in [0.2, 0.25) is 0 Å². The van der Waals surface area contributed by atoms with E-state index in [1.807, 2.05) is 12.1 Å². The van der Waals surface area contributed by atoms with Crippen molar-refractivity contribution in [2.45, 2.75) is 43.7 Å². The lowest BCUT2D eigenvalue weighted by molar-refractivity contribution is -0.166. The Morgan fingerprint density at radius 3 is 2.71 bits per heavy atom. The number of hydrogen-bond acceptors (Lipinski definition) is 4. The lowest BCUT2D eigenvalue weighted by Gasteiger charge is -2.58. The van der Waals surface area contributed by atoms with Gasteiger partial charge in [0.05, 0.1) is 31.7 Å². The Labute approximate surface area is 182 Å². The minimum atomic E-state index is -0.218. The third kappa shape index (κ3) is 3.65. The van der Waals surface area contributed by atoms with E-state index >= 15 is 0 Å². The number of aliphatic hydroxyl groups excluding tert-OH is 1. The van der Waals surface area contributed by atoms with Crippen LogP contribution in [-0.4, -0.2) is 63.5 Å². The van der Waals surface area contributed by atoms with Crippen molar-refractivity contribution < 1.29 is 14.7 Å². The summed E-state index contributed by atoms with van der Waals surface area (Å²) in [5.41, 5.74) is 4.63. The standard InChI is InChI=1S/C25H27N3O3/c29-16-22-25(20-9-7-19(8-10-20)18-5-1-2-6-18)21-14-27(15-24(31)28(21)22)23(30)12-17-4-3-11-26-13-17/h3-5,7-11,13,21-22,25,29H,1-2,6,12,14-16H2/t21-,22+,25+/m0/s1. The molecule has 2 aliphatic heterocycles. The largest absolute Gasteiger partial charge is 0.394 e. The molecule has 3 heterocycles. The molecule has 6 nitrogen and oxygen atoms in total. The highest BCUT2D eigenvalue weighted by Crippen LogP contribution is 2.43. The van der Waals surface area contributed by atoms with Crippen molar-refractivity contribution in [3.8, 4) is 0 Å². The van der Waals surface area contributed by atoms with Gasteiger partial charge in [0.2, 0.25) is 11.8 Å². The number of aromatic nitrogens is 1. The van der Waals surface area contributed by atoms with Crippen molar-refractivity contribution in [1.82, 2.24) is 14.8 Å². The molecule has 0 bridgehead atoms. The topological polar surface area (TPSA) is 73.7 Å². The maximum Gasteiger partial charge on any atom is 0.242 e. The fourth-order valence-electron chi connectivity index (χ4n) is 5.33. The number of hydrogen-bond donors (Lipinski definition) is 1. The summed E-state index contributed by atoms with van der Waals surface area (Å²) in [6.07, 6.45) is 9.40. The van der Waals surface area contributed by atoms with Gasteiger partial charge in [-0.3, -0.25) is 14.6 Å². The number of carbonyl (C=O) groups is 2. The van der Waals surface area contributed by atoms with Crippen LogP contribution in [0.4, 0.5) is 0 Å². The third-order valence-corrected chi connectivity index (χ3v) is 6.89. The first kappa shape index (κ1) is 19.9. The van der Waals surface area contributed by atoms with Crippen LogP contribution in [0, 0.1) is 0 Å². The summed E-state index contributed by atoms with van der Waals surface area (Å²) in [4.78, 5) is 33.2. The molecule has 0 radical (unpaired) electrons. The monoisotopic (exact) mass is 417 g/mol. The minimum Gasteiger partial charge on any atom is -0.394 e. The van der Waals surface area contributed by atoms with Crippen LogP contribution in [-0.2, 0) is 16.0 Å². The smallest absolute Gasteiger partial charge is 0.242 e. The summed E-state index contributed by atoms with van der Waals surface area (Å²) >= 11 is 0. The van der Waals surface area contributed by atoms with Crippen LogP contribution in [0.25, 0.3) is 5.57 Å². The third-order valence-electron chi connectivity index (χ3n) is 6.89. The number of amides is 2.